The summed E-state index contributed by atoms with van der Waals surface area (Å²) in [7, 11) is 0. The van der Waals surface area contributed by atoms with Crippen molar-refractivity contribution in [1.82, 2.24) is 15.5 Å². The van der Waals surface area contributed by atoms with Crippen LogP contribution in [0.5, 0.6) is 0 Å². The van der Waals surface area contributed by atoms with E-state index in [4.69, 9.17) is 0 Å². The van der Waals surface area contributed by atoms with Crippen molar-refractivity contribution in [3.63, 3.8) is 0 Å². The van der Waals surface area contributed by atoms with Gasteiger partial charge in [-0.1, -0.05) is 30.3 Å². The van der Waals surface area contributed by atoms with Gasteiger partial charge >= 0.3 is 0 Å². The Morgan fingerprint density at radius 3 is 2.50 bits per heavy atom. The van der Waals surface area contributed by atoms with Gasteiger partial charge in [0.05, 0.1) is 11.1 Å². The van der Waals surface area contributed by atoms with Crippen molar-refractivity contribution < 1.29 is 19.2 Å². The van der Waals surface area contributed by atoms with Crippen molar-refractivity contribution in [2.24, 2.45) is 5.92 Å². The maximum atomic E-state index is 13.0. The van der Waals surface area contributed by atoms with Crippen molar-refractivity contribution in [2.45, 2.75) is 31.3 Å². The molecule has 2 saturated heterocycles. The molecule has 3 aliphatic rings. The first-order valence-electron chi connectivity index (χ1n) is 10.9. The second-order valence-electron chi connectivity index (χ2n) is 8.57. The lowest BCUT2D eigenvalue weighted by atomic mass is 9.94. The highest BCUT2D eigenvalue weighted by atomic mass is 16.2. The van der Waals surface area contributed by atoms with E-state index in [0.29, 0.717) is 5.92 Å². The molecule has 1 unspecified atom stereocenters. The second-order valence-corrected chi connectivity index (χ2v) is 8.57. The number of carbonyl (C=O) groups excluding carboxylic acids is 4. The summed E-state index contributed by atoms with van der Waals surface area (Å²) in [5.74, 6) is -1.58. The van der Waals surface area contributed by atoms with Crippen LogP contribution < -0.4 is 16.0 Å². The molecule has 3 heterocycles. The number of nitrogens with zero attached hydrogens (tertiary/aromatic N) is 1. The molecule has 2 aromatic carbocycles. The van der Waals surface area contributed by atoms with E-state index in [2.05, 4.69) is 28.1 Å². The average Bonchev–Trinajstić information content (AvgIpc) is 3.31. The molecule has 2 fully saturated rings. The minimum absolute atomic E-state index is 0.105. The summed E-state index contributed by atoms with van der Waals surface area (Å²) in [4.78, 5) is 50.5. The monoisotopic (exact) mass is 432 g/mol. The lowest BCUT2D eigenvalue weighted by molar-refractivity contribution is -0.136. The van der Waals surface area contributed by atoms with Crippen LogP contribution in [0.3, 0.4) is 0 Å². The lowest BCUT2D eigenvalue weighted by Gasteiger charge is -2.27. The number of piperidine rings is 1. The molecule has 5 rings (SSSR count). The number of imide groups is 2. The minimum atomic E-state index is -0.953. The Hall–Kier alpha value is -3.52. The highest BCUT2D eigenvalue weighted by Crippen LogP contribution is 2.30. The summed E-state index contributed by atoms with van der Waals surface area (Å²) in [6, 6.07) is 14.7. The topological polar surface area (TPSA) is 108 Å². The Balaban J connectivity index is 1.32. The fourth-order valence-corrected chi connectivity index (χ4v) is 4.81. The second kappa shape index (κ2) is 8.20. The van der Waals surface area contributed by atoms with Crippen LogP contribution in [0.1, 0.15) is 39.1 Å². The predicted molar refractivity (Wildman–Crippen MR) is 117 cm³/mol. The number of rotatable bonds is 5. The molecule has 3 atom stereocenters. The fraction of sp³-hybridized carbons (Fsp3) is 0.333. The van der Waals surface area contributed by atoms with Gasteiger partial charge in [-0.15, -0.1) is 0 Å². The third-order valence-corrected chi connectivity index (χ3v) is 6.47. The summed E-state index contributed by atoms with van der Waals surface area (Å²) in [6.45, 7) is 1.71. The number of carbonyl (C=O) groups is 4. The van der Waals surface area contributed by atoms with E-state index in [1.165, 1.54) is 5.56 Å². The van der Waals surface area contributed by atoms with E-state index in [1.54, 1.807) is 18.2 Å². The molecule has 0 spiro atoms. The minimum Gasteiger partial charge on any atom is -0.381 e. The van der Waals surface area contributed by atoms with Gasteiger partial charge in [0, 0.05) is 31.2 Å². The summed E-state index contributed by atoms with van der Waals surface area (Å²) >= 11 is 0. The maximum Gasteiger partial charge on any atom is 0.262 e. The Labute approximate surface area is 185 Å². The van der Waals surface area contributed by atoms with Crippen LogP contribution in [0.2, 0.25) is 0 Å². The number of anilines is 1. The van der Waals surface area contributed by atoms with Crippen LogP contribution in [0.15, 0.2) is 48.5 Å². The van der Waals surface area contributed by atoms with E-state index in [1.807, 2.05) is 18.2 Å². The first kappa shape index (κ1) is 20.4. The molecule has 0 bridgehead atoms. The predicted octanol–water partition coefficient (Wildman–Crippen LogP) is 1.33. The van der Waals surface area contributed by atoms with Crippen molar-refractivity contribution in [2.75, 3.05) is 18.4 Å². The normalized spacial score (nSPS) is 25.1. The van der Waals surface area contributed by atoms with Gasteiger partial charge in [0.2, 0.25) is 11.8 Å². The van der Waals surface area contributed by atoms with Gasteiger partial charge in [0.25, 0.3) is 11.8 Å². The highest BCUT2D eigenvalue weighted by molar-refractivity contribution is 6.23. The first-order chi connectivity index (χ1) is 15.5. The molecular weight excluding hydrogens is 408 g/mol. The Bertz CT molecular complexity index is 1100. The Morgan fingerprint density at radius 1 is 0.938 bits per heavy atom. The molecule has 0 aliphatic carbocycles. The van der Waals surface area contributed by atoms with Crippen LogP contribution in [0, 0.1) is 5.92 Å². The van der Waals surface area contributed by atoms with E-state index in [-0.39, 0.29) is 35.9 Å². The number of hydrogen-bond acceptors (Lipinski definition) is 6. The molecule has 0 aromatic heterocycles. The van der Waals surface area contributed by atoms with Crippen LogP contribution in [0.25, 0.3) is 0 Å². The number of amides is 4. The van der Waals surface area contributed by atoms with Gasteiger partial charge in [-0.05, 0) is 42.5 Å². The highest BCUT2D eigenvalue weighted by Gasteiger charge is 2.44. The molecule has 8 nitrogen and oxygen atoms in total. The van der Waals surface area contributed by atoms with E-state index in [0.717, 1.165) is 30.1 Å². The summed E-state index contributed by atoms with van der Waals surface area (Å²) in [5, 5.41) is 9.16. The van der Waals surface area contributed by atoms with Crippen LogP contribution in [-0.2, 0) is 16.0 Å². The zero-order valence-electron chi connectivity index (χ0n) is 17.5. The SMILES string of the molecule is O=C1CCC(N2C(=O)c3ccc(N[C@@H]4CNC[C@@H]4Cc4ccccc4)cc3C2=O)C(=O)N1. The molecule has 0 radical (unpaired) electrons. The van der Waals surface area contributed by atoms with Crippen LogP contribution in [0.4, 0.5) is 5.69 Å². The third kappa shape index (κ3) is 3.67. The van der Waals surface area contributed by atoms with Crippen LogP contribution >= 0.6 is 0 Å². The van der Waals surface area contributed by atoms with Crippen molar-refractivity contribution in [3.05, 3.63) is 65.2 Å². The molecule has 2 aromatic rings. The Kier molecular flexibility index (Phi) is 5.22. The zero-order valence-corrected chi connectivity index (χ0v) is 17.5. The molecular formula is C24H24N4O4. The molecule has 4 amide bonds. The molecule has 8 heteroatoms. The Morgan fingerprint density at radius 2 is 1.72 bits per heavy atom. The van der Waals surface area contributed by atoms with Gasteiger partial charge in [0.1, 0.15) is 6.04 Å². The fourth-order valence-electron chi connectivity index (χ4n) is 4.81. The average molecular weight is 432 g/mol. The summed E-state index contributed by atoms with van der Waals surface area (Å²) < 4.78 is 0. The van der Waals surface area contributed by atoms with Crippen molar-refractivity contribution in [1.29, 1.82) is 0 Å². The van der Waals surface area contributed by atoms with Crippen LogP contribution in [-0.4, -0.2) is 53.7 Å². The van der Waals surface area contributed by atoms with Gasteiger partial charge < -0.3 is 10.6 Å². The number of nitrogens with one attached hydrogen (secondary N) is 3. The maximum absolute atomic E-state index is 13.0. The quantitative estimate of drug-likeness (QED) is 0.616. The number of hydrogen-bond donors (Lipinski definition) is 3. The van der Waals surface area contributed by atoms with E-state index < -0.39 is 23.8 Å². The van der Waals surface area contributed by atoms with E-state index >= 15 is 0 Å². The third-order valence-electron chi connectivity index (χ3n) is 6.47. The lowest BCUT2D eigenvalue weighted by Crippen LogP contribution is -2.54. The number of fused-ring (bicyclic) bond motifs is 1. The first-order valence-corrected chi connectivity index (χ1v) is 10.9. The van der Waals surface area contributed by atoms with Gasteiger partial charge in [-0.2, -0.15) is 0 Å². The summed E-state index contributed by atoms with van der Waals surface area (Å²) in [6.07, 6.45) is 1.20. The zero-order chi connectivity index (χ0) is 22.2. The largest absolute Gasteiger partial charge is 0.381 e. The van der Waals surface area contributed by atoms with Crippen molar-refractivity contribution >= 4 is 29.3 Å². The number of benzene rings is 2. The standard InChI is InChI=1S/C24H24N4O4/c29-21-9-8-20(22(30)27-21)28-23(31)17-7-6-16(11-18(17)24(28)32)26-19-13-25-12-15(19)10-14-4-2-1-3-5-14/h1-7,11,15,19-20,25-26H,8-10,12-13H2,(H,27,29,30)/t15-,19+,20?/m0/s1. The summed E-state index contributed by atoms with van der Waals surface area (Å²) in [5.41, 5.74) is 2.62. The molecule has 0 saturated carbocycles. The van der Waals surface area contributed by atoms with E-state index in [9.17, 15) is 19.2 Å². The molecule has 3 N–H and O–H groups in total. The molecule has 3 aliphatic heterocycles. The smallest absolute Gasteiger partial charge is 0.262 e. The molecule has 32 heavy (non-hydrogen) atoms. The molecule has 164 valence electrons. The van der Waals surface area contributed by atoms with Gasteiger partial charge in [-0.25, -0.2) is 0 Å². The van der Waals surface area contributed by atoms with Gasteiger partial charge in [0.15, 0.2) is 0 Å². The van der Waals surface area contributed by atoms with Gasteiger partial charge in [-0.3, -0.25) is 29.4 Å². The van der Waals surface area contributed by atoms with Crippen molar-refractivity contribution in [3.8, 4) is 0 Å².